The number of sulfonamides is 1. The fourth-order valence-corrected chi connectivity index (χ4v) is 5.56. The molecule has 0 aliphatic rings. The summed E-state index contributed by atoms with van der Waals surface area (Å²) >= 11 is 3.40. The van der Waals surface area contributed by atoms with E-state index >= 15 is 0 Å². The molecular weight excluding hydrogens is 585 g/mol. The molecule has 3 aromatic rings. The SMILES string of the molecule is CCCCNC(=O)C(C)N(Cc1ccc(Br)cc1)C(=O)CN(c1ccc(C)cc1)S(=O)(=O)c1ccc(F)cc1. The first-order chi connectivity index (χ1) is 18.5. The molecule has 0 aliphatic carbocycles. The first-order valence-corrected chi connectivity index (χ1v) is 14.9. The Morgan fingerprint density at radius 3 is 2.18 bits per heavy atom. The largest absolute Gasteiger partial charge is 0.354 e. The zero-order valence-corrected chi connectivity index (χ0v) is 24.6. The topological polar surface area (TPSA) is 86.8 Å². The normalized spacial score (nSPS) is 12.0. The fourth-order valence-electron chi connectivity index (χ4n) is 3.88. The van der Waals surface area contributed by atoms with E-state index in [1.807, 2.05) is 38.1 Å². The van der Waals surface area contributed by atoms with E-state index < -0.39 is 34.3 Å². The van der Waals surface area contributed by atoms with Crippen molar-refractivity contribution >= 4 is 43.5 Å². The van der Waals surface area contributed by atoms with Crippen LogP contribution in [-0.2, 0) is 26.2 Å². The van der Waals surface area contributed by atoms with Gasteiger partial charge in [-0.05, 0) is 74.4 Å². The molecule has 7 nitrogen and oxygen atoms in total. The van der Waals surface area contributed by atoms with Crippen LogP contribution in [0.15, 0.2) is 82.2 Å². The number of carbonyl (C=O) groups excluding carboxylic acids is 2. The van der Waals surface area contributed by atoms with E-state index in [2.05, 4.69) is 21.2 Å². The molecule has 0 radical (unpaired) electrons. The lowest BCUT2D eigenvalue weighted by atomic mass is 10.1. The molecule has 0 fully saturated rings. The number of nitrogens with zero attached hydrogens (tertiary/aromatic N) is 2. The van der Waals surface area contributed by atoms with Gasteiger partial charge in [-0.15, -0.1) is 0 Å². The summed E-state index contributed by atoms with van der Waals surface area (Å²) in [5.41, 5.74) is 1.98. The Balaban J connectivity index is 1.98. The van der Waals surface area contributed by atoms with Crippen molar-refractivity contribution < 1.29 is 22.4 Å². The van der Waals surface area contributed by atoms with Gasteiger partial charge < -0.3 is 10.2 Å². The molecule has 39 heavy (non-hydrogen) atoms. The van der Waals surface area contributed by atoms with E-state index in [-0.39, 0.29) is 23.0 Å². The van der Waals surface area contributed by atoms with Gasteiger partial charge in [-0.1, -0.05) is 59.1 Å². The summed E-state index contributed by atoms with van der Waals surface area (Å²) in [6, 6.07) is 17.7. The lowest BCUT2D eigenvalue weighted by Gasteiger charge is -2.32. The van der Waals surface area contributed by atoms with Crippen molar-refractivity contribution in [2.45, 2.75) is 51.1 Å². The Hall–Kier alpha value is -3.24. The molecule has 3 rings (SSSR count). The minimum Gasteiger partial charge on any atom is -0.354 e. The highest BCUT2D eigenvalue weighted by Gasteiger charge is 2.32. The van der Waals surface area contributed by atoms with Crippen LogP contribution in [0.1, 0.15) is 37.8 Å². The molecule has 3 aromatic carbocycles. The number of carbonyl (C=O) groups is 2. The maximum Gasteiger partial charge on any atom is 0.264 e. The van der Waals surface area contributed by atoms with Gasteiger partial charge in [0.05, 0.1) is 10.6 Å². The predicted octanol–water partition coefficient (Wildman–Crippen LogP) is 5.43. The van der Waals surface area contributed by atoms with Crippen LogP contribution in [0.3, 0.4) is 0 Å². The highest BCUT2D eigenvalue weighted by molar-refractivity contribution is 9.10. The third kappa shape index (κ3) is 8.12. The third-order valence-electron chi connectivity index (χ3n) is 6.27. The van der Waals surface area contributed by atoms with Gasteiger partial charge >= 0.3 is 0 Å². The molecule has 1 atom stereocenters. The zero-order valence-electron chi connectivity index (χ0n) is 22.2. The monoisotopic (exact) mass is 617 g/mol. The van der Waals surface area contributed by atoms with E-state index in [4.69, 9.17) is 0 Å². The average Bonchev–Trinajstić information content (AvgIpc) is 2.91. The van der Waals surface area contributed by atoms with E-state index in [0.717, 1.165) is 44.9 Å². The molecule has 0 aliphatic heterocycles. The molecule has 2 amide bonds. The highest BCUT2D eigenvalue weighted by Crippen LogP contribution is 2.25. The maximum atomic E-state index is 13.8. The van der Waals surface area contributed by atoms with Crippen LogP contribution in [0.2, 0.25) is 0 Å². The second kappa shape index (κ2) is 13.7. The van der Waals surface area contributed by atoms with Crippen LogP contribution >= 0.6 is 15.9 Å². The lowest BCUT2D eigenvalue weighted by Crippen LogP contribution is -2.51. The molecule has 0 bridgehead atoms. The number of hydrogen-bond acceptors (Lipinski definition) is 4. The number of benzene rings is 3. The second-order valence-electron chi connectivity index (χ2n) is 9.27. The first kappa shape index (κ1) is 30.3. The van der Waals surface area contributed by atoms with Crippen LogP contribution in [0.4, 0.5) is 10.1 Å². The van der Waals surface area contributed by atoms with Crippen LogP contribution in [-0.4, -0.2) is 44.3 Å². The van der Waals surface area contributed by atoms with Crippen LogP contribution in [0.25, 0.3) is 0 Å². The maximum absolute atomic E-state index is 13.8. The molecule has 1 N–H and O–H groups in total. The van der Waals surface area contributed by atoms with Gasteiger partial charge in [-0.2, -0.15) is 0 Å². The van der Waals surface area contributed by atoms with Crippen molar-refractivity contribution in [2.24, 2.45) is 0 Å². The number of amides is 2. The van der Waals surface area contributed by atoms with Crippen LogP contribution < -0.4 is 9.62 Å². The van der Waals surface area contributed by atoms with Crippen molar-refractivity contribution in [3.63, 3.8) is 0 Å². The second-order valence-corrected chi connectivity index (χ2v) is 12.0. The smallest absolute Gasteiger partial charge is 0.264 e. The molecule has 1 unspecified atom stereocenters. The molecule has 208 valence electrons. The molecule has 0 heterocycles. The highest BCUT2D eigenvalue weighted by atomic mass is 79.9. The van der Waals surface area contributed by atoms with Gasteiger partial charge in [-0.3, -0.25) is 13.9 Å². The van der Waals surface area contributed by atoms with Crippen molar-refractivity contribution in [3.05, 3.63) is 94.2 Å². The summed E-state index contributed by atoms with van der Waals surface area (Å²) in [5, 5.41) is 2.86. The zero-order chi connectivity index (χ0) is 28.6. The summed E-state index contributed by atoms with van der Waals surface area (Å²) in [6.07, 6.45) is 1.71. The minimum atomic E-state index is -4.24. The minimum absolute atomic E-state index is 0.104. The van der Waals surface area contributed by atoms with Crippen molar-refractivity contribution in [1.29, 1.82) is 0 Å². The summed E-state index contributed by atoms with van der Waals surface area (Å²) < 4.78 is 42.8. The molecular formula is C29H33BrFN3O4S. The number of nitrogens with one attached hydrogen (secondary N) is 1. The van der Waals surface area contributed by atoms with E-state index in [0.29, 0.717) is 6.54 Å². The Kier molecular flexibility index (Phi) is 10.7. The van der Waals surface area contributed by atoms with Crippen molar-refractivity contribution in [3.8, 4) is 0 Å². The van der Waals surface area contributed by atoms with Crippen molar-refractivity contribution in [2.75, 3.05) is 17.4 Å². The van der Waals surface area contributed by atoms with Gasteiger partial charge in [0.15, 0.2) is 0 Å². The van der Waals surface area contributed by atoms with Gasteiger partial charge in [0.1, 0.15) is 18.4 Å². The Morgan fingerprint density at radius 2 is 1.59 bits per heavy atom. The fraction of sp³-hybridized carbons (Fsp3) is 0.310. The van der Waals surface area contributed by atoms with Gasteiger partial charge in [-0.25, -0.2) is 12.8 Å². The van der Waals surface area contributed by atoms with E-state index in [1.165, 1.54) is 17.0 Å². The Morgan fingerprint density at radius 1 is 0.974 bits per heavy atom. The summed E-state index contributed by atoms with van der Waals surface area (Å²) in [6.45, 7) is 5.54. The number of unbranched alkanes of at least 4 members (excludes halogenated alkanes) is 1. The molecule has 0 saturated heterocycles. The summed E-state index contributed by atoms with van der Waals surface area (Å²) in [4.78, 5) is 28.0. The number of anilines is 1. The molecule has 10 heteroatoms. The Bertz CT molecular complexity index is 1370. The number of aryl methyl sites for hydroxylation is 1. The molecule has 0 saturated carbocycles. The quantitative estimate of drug-likeness (QED) is 0.275. The summed E-state index contributed by atoms with van der Waals surface area (Å²) in [7, 11) is -4.24. The van der Waals surface area contributed by atoms with Crippen molar-refractivity contribution in [1.82, 2.24) is 10.2 Å². The van der Waals surface area contributed by atoms with Gasteiger partial charge in [0, 0.05) is 17.6 Å². The lowest BCUT2D eigenvalue weighted by molar-refractivity contribution is -0.139. The van der Waals surface area contributed by atoms with Gasteiger partial charge in [0.2, 0.25) is 11.8 Å². The van der Waals surface area contributed by atoms with Crippen LogP contribution in [0, 0.1) is 12.7 Å². The third-order valence-corrected chi connectivity index (χ3v) is 8.58. The molecule has 0 spiro atoms. The number of rotatable bonds is 12. The number of hydrogen-bond donors (Lipinski definition) is 1. The summed E-state index contributed by atoms with van der Waals surface area (Å²) in [5.74, 6) is -1.45. The van der Waals surface area contributed by atoms with Gasteiger partial charge in [0.25, 0.3) is 10.0 Å². The Labute approximate surface area is 238 Å². The number of halogens is 2. The van der Waals surface area contributed by atoms with Crippen LogP contribution in [0.5, 0.6) is 0 Å². The molecule has 0 aromatic heterocycles. The predicted molar refractivity (Wildman–Crippen MR) is 154 cm³/mol. The standard InChI is InChI=1S/C29H33BrFN3O4S/c1-4-5-18-32-29(36)22(3)33(19-23-8-10-24(30)11-9-23)28(35)20-34(26-14-6-21(2)7-15-26)39(37,38)27-16-12-25(31)13-17-27/h6-17,22H,4-5,18-20H2,1-3H3,(H,32,36). The van der Waals surface area contributed by atoms with E-state index in [9.17, 15) is 22.4 Å². The average molecular weight is 619 g/mol. The van der Waals surface area contributed by atoms with E-state index in [1.54, 1.807) is 31.2 Å². The first-order valence-electron chi connectivity index (χ1n) is 12.7.